The summed E-state index contributed by atoms with van der Waals surface area (Å²) < 4.78 is 0. The first-order chi connectivity index (χ1) is 10.7. The van der Waals surface area contributed by atoms with Crippen molar-refractivity contribution >= 4 is 23.0 Å². The Hall–Kier alpha value is -2.64. The molecule has 3 rings (SSSR count). The Morgan fingerprint density at radius 3 is 2.82 bits per heavy atom. The van der Waals surface area contributed by atoms with Gasteiger partial charge in [-0.05, 0) is 37.3 Å². The van der Waals surface area contributed by atoms with Crippen LogP contribution in [0.15, 0.2) is 54.2 Å². The van der Waals surface area contributed by atoms with Crippen molar-refractivity contribution < 1.29 is 0 Å². The van der Waals surface area contributed by atoms with E-state index in [1.807, 2.05) is 54.4 Å². The Bertz CT molecular complexity index is 776. The van der Waals surface area contributed by atoms with Crippen molar-refractivity contribution in [1.82, 2.24) is 10.3 Å². The Kier molecular flexibility index (Phi) is 3.90. The monoisotopic (exact) mass is 310 g/mol. The Morgan fingerprint density at radius 1 is 1.23 bits per heavy atom. The average molecular weight is 311 g/mol. The lowest BCUT2D eigenvalue weighted by Gasteiger charge is -2.23. The Balaban J connectivity index is 1.91. The van der Waals surface area contributed by atoms with Gasteiger partial charge in [-0.25, -0.2) is 0 Å². The first kappa shape index (κ1) is 14.3. The van der Waals surface area contributed by atoms with E-state index in [0.717, 1.165) is 22.6 Å². The van der Waals surface area contributed by atoms with E-state index < -0.39 is 0 Å². The largest absolute Gasteiger partial charge is 0.368 e. The number of halogens is 1. The molecule has 0 aliphatic carbocycles. The molecule has 0 saturated carbocycles. The highest BCUT2D eigenvalue weighted by molar-refractivity contribution is 6.30. The van der Waals surface area contributed by atoms with Crippen molar-refractivity contribution in [3.05, 3.63) is 70.4 Å². The normalized spacial score (nSPS) is 13.8. The number of hydrogen-bond donors (Lipinski definition) is 2. The van der Waals surface area contributed by atoms with Crippen LogP contribution in [0.4, 0.5) is 5.69 Å². The molecule has 0 amide bonds. The van der Waals surface area contributed by atoms with E-state index in [9.17, 15) is 0 Å². The molecule has 1 heterocycles. The number of hydrogen-bond acceptors (Lipinski definition) is 4. The third-order valence-corrected chi connectivity index (χ3v) is 3.72. The van der Waals surface area contributed by atoms with E-state index in [1.54, 1.807) is 6.07 Å². The van der Waals surface area contributed by atoms with E-state index in [-0.39, 0.29) is 0 Å². The fraction of sp³-hybridized carbons (Fsp3) is 0.118. The molecular weight excluding hydrogens is 296 g/mol. The maximum absolute atomic E-state index is 9.08. The van der Waals surface area contributed by atoms with Gasteiger partial charge in [-0.1, -0.05) is 29.8 Å². The molecule has 0 bridgehead atoms. The molecule has 1 aliphatic rings. The number of nitrogens with zero attached hydrogens (tertiary/aromatic N) is 2. The number of benzene rings is 2. The molecule has 2 N–H and O–H groups in total. The van der Waals surface area contributed by atoms with Gasteiger partial charge >= 0.3 is 0 Å². The fourth-order valence-corrected chi connectivity index (χ4v) is 2.67. The van der Waals surface area contributed by atoms with Gasteiger partial charge in [0.1, 0.15) is 6.67 Å². The van der Waals surface area contributed by atoms with Crippen LogP contribution >= 0.6 is 11.6 Å². The highest BCUT2D eigenvalue weighted by atomic mass is 35.5. The van der Waals surface area contributed by atoms with E-state index in [4.69, 9.17) is 16.9 Å². The summed E-state index contributed by atoms with van der Waals surface area (Å²) in [5.74, 6) is 0. The van der Waals surface area contributed by atoms with E-state index in [2.05, 4.69) is 16.8 Å². The van der Waals surface area contributed by atoms with Crippen LogP contribution in [-0.4, -0.2) is 11.7 Å². The predicted molar refractivity (Wildman–Crippen MR) is 88.7 cm³/mol. The lowest BCUT2D eigenvalue weighted by Crippen LogP contribution is -2.29. The molecule has 4 nitrogen and oxygen atoms in total. The van der Waals surface area contributed by atoms with Crippen molar-refractivity contribution in [3.63, 3.8) is 0 Å². The number of anilines is 1. The quantitative estimate of drug-likeness (QED) is 0.905. The Morgan fingerprint density at radius 2 is 2.05 bits per heavy atom. The van der Waals surface area contributed by atoms with Gasteiger partial charge in [0.15, 0.2) is 0 Å². The van der Waals surface area contributed by atoms with Gasteiger partial charge < -0.3 is 5.32 Å². The second-order valence-electron chi connectivity index (χ2n) is 5.05. The van der Waals surface area contributed by atoms with Crippen LogP contribution in [0.2, 0.25) is 5.02 Å². The zero-order chi connectivity index (χ0) is 15.5. The highest BCUT2D eigenvalue weighted by Gasteiger charge is 2.21. The average Bonchev–Trinajstić information content (AvgIpc) is 2.88. The van der Waals surface area contributed by atoms with Crippen LogP contribution in [0.5, 0.6) is 0 Å². The van der Waals surface area contributed by atoms with Crippen LogP contribution in [0.25, 0.3) is 5.70 Å². The van der Waals surface area contributed by atoms with Gasteiger partial charge in [-0.2, -0.15) is 5.26 Å². The Labute approximate surface area is 134 Å². The summed E-state index contributed by atoms with van der Waals surface area (Å²) in [6.07, 6.45) is 0. The molecular formula is C17H15ClN4. The highest BCUT2D eigenvalue weighted by Crippen LogP contribution is 2.27. The van der Waals surface area contributed by atoms with Gasteiger partial charge in [0, 0.05) is 16.3 Å². The number of nitrogens with one attached hydrogen (secondary N) is 2. The smallest absolute Gasteiger partial charge is 0.108 e. The maximum atomic E-state index is 9.08. The third-order valence-electron chi connectivity index (χ3n) is 3.48. The topological polar surface area (TPSA) is 51.1 Å². The first-order valence-corrected chi connectivity index (χ1v) is 7.30. The summed E-state index contributed by atoms with van der Waals surface area (Å²) in [6, 6.07) is 17.3. The maximum Gasteiger partial charge on any atom is 0.108 e. The molecule has 2 aromatic carbocycles. The second kappa shape index (κ2) is 6.00. The predicted octanol–water partition coefficient (Wildman–Crippen LogP) is 3.79. The molecule has 1 aliphatic heterocycles. The van der Waals surface area contributed by atoms with Gasteiger partial charge in [0.2, 0.25) is 0 Å². The first-order valence-electron chi connectivity index (χ1n) is 6.92. The summed E-state index contributed by atoms with van der Waals surface area (Å²) in [5.41, 5.74) is 7.99. The molecule has 0 saturated heterocycles. The second-order valence-corrected chi connectivity index (χ2v) is 5.49. The number of hydrazine groups is 1. The van der Waals surface area contributed by atoms with Crippen LogP contribution in [-0.2, 0) is 0 Å². The van der Waals surface area contributed by atoms with Gasteiger partial charge in [0.05, 0.1) is 23.0 Å². The van der Waals surface area contributed by atoms with Gasteiger partial charge in [-0.3, -0.25) is 10.4 Å². The summed E-state index contributed by atoms with van der Waals surface area (Å²) in [4.78, 5) is 0. The molecule has 0 aromatic heterocycles. The lowest BCUT2D eigenvalue weighted by atomic mass is 10.1. The van der Waals surface area contributed by atoms with Crippen LogP contribution in [0, 0.1) is 11.3 Å². The minimum Gasteiger partial charge on any atom is -0.368 e. The van der Waals surface area contributed by atoms with Crippen LogP contribution in [0.3, 0.4) is 0 Å². The summed E-state index contributed by atoms with van der Waals surface area (Å²) >= 11 is 6.03. The van der Waals surface area contributed by atoms with E-state index in [1.165, 1.54) is 0 Å². The number of rotatable bonds is 3. The zero-order valence-corrected chi connectivity index (χ0v) is 12.9. The molecule has 0 spiro atoms. The molecule has 22 heavy (non-hydrogen) atoms. The van der Waals surface area contributed by atoms with Crippen molar-refractivity contribution in [2.75, 3.05) is 12.1 Å². The lowest BCUT2D eigenvalue weighted by molar-refractivity contribution is 0.483. The van der Waals surface area contributed by atoms with Gasteiger partial charge in [-0.15, -0.1) is 0 Å². The molecule has 0 radical (unpaired) electrons. The minimum absolute atomic E-state index is 0.643. The van der Waals surface area contributed by atoms with Crippen molar-refractivity contribution in [2.24, 2.45) is 0 Å². The fourth-order valence-electron chi connectivity index (χ4n) is 2.48. The van der Waals surface area contributed by atoms with E-state index in [0.29, 0.717) is 17.3 Å². The van der Waals surface area contributed by atoms with E-state index >= 15 is 0 Å². The van der Waals surface area contributed by atoms with Crippen molar-refractivity contribution in [3.8, 4) is 6.07 Å². The van der Waals surface area contributed by atoms with Crippen molar-refractivity contribution in [2.45, 2.75) is 6.92 Å². The van der Waals surface area contributed by atoms with Crippen LogP contribution < -0.4 is 10.7 Å². The molecule has 2 aromatic rings. The van der Waals surface area contributed by atoms with Crippen LogP contribution in [0.1, 0.15) is 18.1 Å². The molecule has 0 fully saturated rings. The number of allylic oxidation sites excluding steroid dienone is 1. The standard InChI is InChI=1S/C17H15ClN4/c1-12-17(14-5-2-4-13(8-14)10-19)22(11-20-12)21-16-7-3-6-15(18)9-16/h2-9,20-21H,11H2,1H3. The molecule has 110 valence electrons. The van der Waals surface area contributed by atoms with Gasteiger partial charge in [0.25, 0.3) is 0 Å². The summed E-state index contributed by atoms with van der Waals surface area (Å²) in [6.45, 7) is 2.67. The van der Waals surface area contributed by atoms with Crippen molar-refractivity contribution in [1.29, 1.82) is 5.26 Å². The number of nitriles is 1. The summed E-state index contributed by atoms with van der Waals surface area (Å²) in [7, 11) is 0. The SMILES string of the molecule is CC1=C(c2cccc(C#N)c2)N(Nc2cccc(Cl)c2)CN1. The molecule has 0 unspecified atom stereocenters. The molecule has 0 atom stereocenters. The third kappa shape index (κ3) is 2.85. The minimum atomic E-state index is 0.643. The zero-order valence-electron chi connectivity index (χ0n) is 12.1. The summed E-state index contributed by atoms with van der Waals surface area (Å²) in [5, 5.41) is 15.1. The molecule has 5 heteroatoms.